The summed E-state index contributed by atoms with van der Waals surface area (Å²) in [7, 11) is 0. The lowest BCUT2D eigenvalue weighted by molar-refractivity contribution is -0.131. The molecule has 0 unspecified atom stereocenters. The second kappa shape index (κ2) is 5.33. The van der Waals surface area contributed by atoms with Crippen molar-refractivity contribution in [3.63, 3.8) is 0 Å². The van der Waals surface area contributed by atoms with Gasteiger partial charge in [-0.15, -0.1) is 0 Å². The van der Waals surface area contributed by atoms with Crippen LogP contribution in [0.4, 0.5) is 0 Å². The van der Waals surface area contributed by atoms with Crippen LogP contribution in [0.25, 0.3) is 11.0 Å². The Balaban J connectivity index is 1.74. The van der Waals surface area contributed by atoms with Gasteiger partial charge in [-0.3, -0.25) is 4.79 Å². The van der Waals surface area contributed by atoms with Crippen molar-refractivity contribution in [2.24, 2.45) is 0 Å². The van der Waals surface area contributed by atoms with Gasteiger partial charge in [0.2, 0.25) is 5.91 Å². The minimum atomic E-state index is -0.0486. The van der Waals surface area contributed by atoms with Crippen molar-refractivity contribution >= 4 is 16.9 Å². The van der Waals surface area contributed by atoms with Crippen molar-refractivity contribution in [1.82, 2.24) is 14.9 Å². The summed E-state index contributed by atoms with van der Waals surface area (Å²) in [5, 5.41) is 9.76. The highest BCUT2D eigenvalue weighted by Gasteiger charge is 2.24. The van der Waals surface area contributed by atoms with E-state index in [1.165, 1.54) is 10.9 Å². The van der Waals surface area contributed by atoms with Crippen LogP contribution in [0.2, 0.25) is 0 Å². The maximum Gasteiger partial charge on any atom is 0.236 e. The van der Waals surface area contributed by atoms with Crippen LogP contribution in [0.1, 0.15) is 30.7 Å². The molecule has 5 heteroatoms. The van der Waals surface area contributed by atoms with Crippen molar-refractivity contribution in [2.75, 3.05) is 13.1 Å². The van der Waals surface area contributed by atoms with Crippen LogP contribution >= 0.6 is 0 Å². The van der Waals surface area contributed by atoms with Gasteiger partial charge in [-0.1, -0.05) is 0 Å². The number of carbonyl (C=O) groups is 1. The number of carbonyl (C=O) groups excluding carboxylic acids is 1. The van der Waals surface area contributed by atoms with Gasteiger partial charge in [0.1, 0.15) is 12.1 Å². The van der Waals surface area contributed by atoms with Crippen molar-refractivity contribution in [3.8, 4) is 6.07 Å². The Morgan fingerprint density at radius 3 is 3.00 bits per heavy atom. The van der Waals surface area contributed by atoms with E-state index in [0.717, 1.165) is 31.6 Å². The first-order valence-corrected chi connectivity index (χ1v) is 6.86. The van der Waals surface area contributed by atoms with Crippen LogP contribution in [-0.4, -0.2) is 33.9 Å². The normalized spacial score (nSPS) is 16.2. The van der Waals surface area contributed by atoms with Crippen LogP contribution in [0, 0.1) is 11.3 Å². The zero-order chi connectivity index (χ0) is 13.9. The Kier molecular flexibility index (Phi) is 3.38. The van der Waals surface area contributed by atoms with E-state index in [1.54, 1.807) is 4.90 Å². The molecule has 1 fully saturated rings. The summed E-state index contributed by atoms with van der Waals surface area (Å²) in [5.41, 5.74) is 2.23. The van der Waals surface area contributed by atoms with Gasteiger partial charge in [0.25, 0.3) is 0 Å². The molecule has 102 valence electrons. The number of fused-ring (bicyclic) bond motifs is 1. The fourth-order valence-corrected chi connectivity index (χ4v) is 2.96. The maximum atomic E-state index is 11.7. The summed E-state index contributed by atoms with van der Waals surface area (Å²) in [6.07, 6.45) is 5.62. The maximum absolute atomic E-state index is 11.7. The number of aromatic amines is 1. The molecule has 0 radical (unpaired) electrons. The number of nitrogens with one attached hydrogen (secondary N) is 1. The van der Waals surface area contributed by atoms with Gasteiger partial charge in [0, 0.05) is 30.9 Å². The number of rotatable bonds is 2. The molecule has 0 bridgehead atoms. The number of nitriles is 1. The zero-order valence-electron chi connectivity index (χ0n) is 11.2. The lowest BCUT2D eigenvalue weighted by Gasteiger charge is -2.32. The lowest BCUT2D eigenvalue weighted by Crippen LogP contribution is -2.37. The van der Waals surface area contributed by atoms with E-state index in [0.29, 0.717) is 5.92 Å². The van der Waals surface area contributed by atoms with Crippen LogP contribution < -0.4 is 0 Å². The summed E-state index contributed by atoms with van der Waals surface area (Å²) >= 11 is 0. The highest BCUT2D eigenvalue weighted by Crippen LogP contribution is 2.32. The number of amides is 1. The molecule has 20 heavy (non-hydrogen) atoms. The SMILES string of the molecule is N#CCC(=O)N1CCC(c2ccnc3[nH]ccc23)CC1. The number of hydrogen-bond acceptors (Lipinski definition) is 3. The average Bonchev–Trinajstić information content (AvgIpc) is 2.96. The zero-order valence-corrected chi connectivity index (χ0v) is 11.2. The molecule has 1 aliphatic heterocycles. The van der Waals surface area contributed by atoms with Crippen molar-refractivity contribution in [2.45, 2.75) is 25.2 Å². The number of hydrogen-bond donors (Lipinski definition) is 1. The Labute approximate surface area is 117 Å². The summed E-state index contributed by atoms with van der Waals surface area (Å²) in [5.74, 6) is 0.412. The predicted octanol–water partition coefficient (Wildman–Crippen LogP) is 2.18. The van der Waals surface area contributed by atoms with Gasteiger partial charge in [0.15, 0.2) is 0 Å². The Bertz CT molecular complexity index is 662. The molecule has 2 aromatic heterocycles. The molecule has 0 spiro atoms. The average molecular weight is 268 g/mol. The molecular weight excluding hydrogens is 252 g/mol. The highest BCUT2D eigenvalue weighted by molar-refractivity contribution is 5.80. The number of H-pyrrole nitrogens is 1. The number of nitrogens with zero attached hydrogens (tertiary/aromatic N) is 3. The summed E-state index contributed by atoms with van der Waals surface area (Å²) in [4.78, 5) is 20.9. The molecule has 0 aliphatic carbocycles. The molecule has 1 aliphatic rings. The molecule has 3 rings (SSSR count). The first-order valence-electron chi connectivity index (χ1n) is 6.86. The molecule has 0 aromatic carbocycles. The van der Waals surface area contributed by atoms with Crippen LogP contribution in [0.5, 0.6) is 0 Å². The molecule has 0 atom stereocenters. The molecular formula is C15H16N4O. The van der Waals surface area contributed by atoms with Crippen molar-refractivity contribution in [3.05, 3.63) is 30.1 Å². The first kappa shape index (κ1) is 12.7. The van der Waals surface area contributed by atoms with E-state index >= 15 is 0 Å². The molecule has 1 amide bonds. The van der Waals surface area contributed by atoms with Crippen molar-refractivity contribution in [1.29, 1.82) is 5.26 Å². The van der Waals surface area contributed by atoms with Gasteiger partial charge in [-0.05, 0) is 36.5 Å². The number of likely N-dealkylation sites (tertiary alicyclic amines) is 1. The summed E-state index contributed by atoms with van der Waals surface area (Å²) in [6, 6.07) is 6.06. The first-order chi connectivity index (χ1) is 9.79. The quantitative estimate of drug-likeness (QED) is 0.907. The van der Waals surface area contributed by atoms with E-state index < -0.39 is 0 Å². The minimum absolute atomic E-state index is 0.0119. The van der Waals surface area contributed by atoms with E-state index in [2.05, 4.69) is 22.1 Å². The predicted molar refractivity (Wildman–Crippen MR) is 74.9 cm³/mol. The molecule has 5 nitrogen and oxygen atoms in total. The number of pyridine rings is 1. The van der Waals surface area contributed by atoms with E-state index in [1.807, 2.05) is 18.5 Å². The number of aromatic nitrogens is 2. The number of piperidine rings is 1. The molecule has 1 N–H and O–H groups in total. The van der Waals surface area contributed by atoms with Crippen LogP contribution in [0.3, 0.4) is 0 Å². The van der Waals surface area contributed by atoms with Gasteiger partial charge < -0.3 is 9.88 Å². The van der Waals surface area contributed by atoms with Gasteiger partial charge in [-0.2, -0.15) is 5.26 Å². The van der Waals surface area contributed by atoms with E-state index in [9.17, 15) is 4.79 Å². The minimum Gasteiger partial charge on any atom is -0.346 e. The Morgan fingerprint density at radius 2 is 2.25 bits per heavy atom. The molecule has 1 saturated heterocycles. The monoisotopic (exact) mass is 268 g/mol. The highest BCUT2D eigenvalue weighted by atomic mass is 16.2. The fraction of sp³-hybridized carbons (Fsp3) is 0.400. The third-order valence-corrected chi connectivity index (χ3v) is 4.01. The van der Waals surface area contributed by atoms with E-state index in [-0.39, 0.29) is 12.3 Å². The van der Waals surface area contributed by atoms with Gasteiger partial charge in [0.05, 0.1) is 6.07 Å². The molecule has 3 heterocycles. The third kappa shape index (κ3) is 2.25. The third-order valence-electron chi connectivity index (χ3n) is 4.01. The van der Waals surface area contributed by atoms with E-state index in [4.69, 9.17) is 5.26 Å². The smallest absolute Gasteiger partial charge is 0.236 e. The lowest BCUT2D eigenvalue weighted by atomic mass is 9.88. The van der Waals surface area contributed by atoms with Crippen molar-refractivity contribution < 1.29 is 4.79 Å². The standard InChI is InChI=1S/C15H16N4O/c16-6-1-14(20)19-9-4-11(5-10-19)12-2-7-17-15-13(12)3-8-18-15/h2-3,7-8,11H,1,4-5,9-10H2,(H,17,18). The molecule has 2 aromatic rings. The summed E-state index contributed by atoms with van der Waals surface area (Å²) in [6.45, 7) is 1.47. The molecule has 0 saturated carbocycles. The van der Waals surface area contributed by atoms with Crippen LogP contribution in [0.15, 0.2) is 24.5 Å². The van der Waals surface area contributed by atoms with Gasteiger partial charge >= 0.3 is 0 Å². The summed E-state index contributed by atoms with van der Waals surface area (Å²) < 4.78 is 0. The largest absolute Gasteiger partial charge is 0.346 e. The second-order valence-electron chi connectivity index (χ2n) is 5.13. The second-order valence-corrected chi connectivity index (χ2v) is 5.13. The van der Waals surface area contributed by atoms with Crippen LogP contribution in [-0.2, 0) is 4.79 Å². The van der Waals surface area contributed by atoms with Gasteiger partial charge in [-0.25, -0.2) is 4.98 Å². The Hall–Kier alpha value is -2.35. The topological polar surface area (TPSA) is 72.8 Å². The Morgan fingerprint density at radius 1 is 1.45 bits per heavy atom. The fourth-order valence-electron chi connectivity index (χ4n) is 2.96.